The van der Waals surface area contributed by atoms with E-state index in [-0.39, 0.29) is 28.9 Å². The van der Waals surface area contributed by atoms with E-state index in [2.05, 4.69) is 32.5 Å². The molecule has 0 saturated heterocycles. The monoisotopic (exact) mass is 409 g/mol. The third kappa shape index (κ3) is 2.86. The molecule has 6 heteroatoms. The Labute approximate surface area is 176 Å². The Morgan fingerprint density at radius 1 is 1.17 bits per heavy atom. The Bertz CT molecular complexity index is 1040. The van der Waals surface area contributed by atoms with Gasteiger partial charge in [0, 0.05) is 34.7 Å². The molecule has 5 nitrogen and oxygen atoms in total. The van der Waals surface area contributed by atoms with Crippen LogP contribution < -0.4 is 10.5 Å². The van der Waals surface area contributed by atoms with Gasteiger partial charge in [-0.1, -0.05) is 51.4 Å². The molecule has 0 radical (unpaired) electrons. The van der Waals surface area contributed by atoms with Crippen molar-refractivity contribution in [3.8, 4) is 5.75 Å². The van der Waals surface area contributed by atoms with Gasteiger partial charge >= 0.3 is 0 Å². The summed E-state index contributed by atoms with van der Waals surface area (Å²) < 4.78 is 6.34. The highest BCUT2D eigenvalue weighted by Gasteiger charge is 2.66. The minimum Gasteiger partial charge on any atom is -0.489 e. The van der Waals surface area contributed by atoms with E-state index in [1.165, 1.54) is 0 Å². The molecular weight excluding hydrogens is 386 g/mol. The number of anilines is 1. The summed E-state index contributed by atoms with van der Waals surface area (Å²) in [6.45, 7) is 16.3. The zero-order valence-electron chi connectivity index (χ0n) is 17.0. The first-order valence-corrected chi connectivity index (χ1v) is 9.98. The van der Waals surface area contributed by atoms with E-state index in [1.54, 1.807) is 24.3 Å². The lowest BCUT2D eigenvalue weighted by Gasteiger charge is -2.65. The van der Waals surface area contributed by atoms with Crippen molar-refractivity contribution in [3.05, 3.63) is 64.0 Å². The van der Waals surface area contributed by atoms with Gasteiger partial charge in [-0.2, -0.15) is 0 Å². The van der Waals surface area contributed by atoms with Gasteiger partial charge in [0.05, 0.1) is 11.6 Å². The van der Waals surface area contributed by atoms with E-state index in [0.29, 0.717) is 34.3 Å². The van der Waals surface area contributed by atoms with Gasteiger partial charge in [-0.25, -0.2) is 4.85 Å². The number of hydrogen-bond donors (Lipinski definition) is 1. The number of fused-ring (bicyclic) bond motifs is 1. The van der Waals surface area contributed by atoms with E-state index >= 15 is 0 Å². The third-order valence-electron chi connectivity index (χ3n) is 6.33. The fourth-order valence-corrected chi connectivity index (χ4v) is 5.77. The zero-order chi connectivity index (χ0) is 21.1. The molecule has 1 heterocycles. The van der Waals surface area contributed by atoms with Gasteiger partial charge in [-0.3, -0.25) is 4.79 Å². The quantitative estimate of drug-likeness (QED) is 0.552. The van der Waals surface area contributed by atoms with Crippen LogP contribution in [-0.4, -0.2) is 23.0 Å². The molecular formula is C23H24ClN3O2. The lowest BCUT2D eigenvalue weighted by molar-refractivity contribution is -0.199. The van der Waals surface area contributed by atoms with E-state index in [9.17, 15) is 4.79 Å². The molecule has 0 aromatic heterocycles. The smallest absolute Gasteiger partial charge is 0.254 e. The van der Waals surface area contributed by atoms with Crippen LogP contribution >= 0.6 is 11.6 Å². The van der Waals surface area contributed by atoms with Gasteiger partial charge < -0.3 is 15.4 Å². The Morgan fingerprint density at radius 3 is 2.48 bits per heavy atom. The fraction of sp³-hybridized carbons (Fsp3) is 0.391. The van der Waals surface area contributed by atoms with Crippen molar-refractivity contribution in [2.45, 2.75) is 46.4 Å². The zero-order valence-corrected chi connectivity index (χ0v) is 17.7. The minimum atomic E-state index is -0.266. The molecule has 29 heavy (non-hydrogen) atoms. The number of amides is 1. The summed E-state index contributed by atoms with van der Waals surface area (Å²) in [4.78, 5) is 18.5. The van der Waals surface area contributed by atoms with Gasteiger partial charge in [0.15, 0.2) is 0 Å². The first-order valence-electron chi connectivity index (χ1n) is 9.60. The highest BCUT2D eigenvalue weighted by Crippen LogP contribution is 2.59. The summed E-state index contributed by atoms with van der Waals surface area (Å²) in [6, 6.07) is 10.7. The highest BCUT2D eigenvalue weighted by molar-refractivity contribution is 6.33. The number of rotatable bonds is 3. The maximum absolute atomic E-state index is 13.1. The largest absolute Gasteiger partial charge is 0.489 e. The van der Waals surface area contributed by atoms with Crippen LogP contribution in [0.4, 0.5) is 11.4 Å². The molecule has 1 aliphatic heterocycles. The number of hydrogen-bond acceptors (Lipinski definition) is 3. The average molecular weight is 410 g/mol. The van der Waals surface area contributed by atoms with Crippen molar-refractivity contribution in [2.24, 2.45) is 10.8 Å². The van der Waals surface area contributed by atoms with Crippen molar-refractivity contribution in [1.29, 1.82) is 0 Å². The molecule has 1 fully saturated rings. The van der Waals surface area contributed by atoms with Gasteiger partial charge in [0.2, 0.25) is 5.69 Å². The van der Waals surface area contributed by atoms with E-state index < -0.39 is 0 Å². The number of ether oxygens (including phenoxy) is 1. The molecule has 0 bridgehead atoms. The van der Waals surface area contributed by atoms with Gasteiger partial charge in [-0.15, -0.1) is 0 Å². The molecule has 1 saturated carbocycles. The second-order valence-electron chi connectivity index (χ2n) is 9.12. The summed E-state index contributed by atoms with van der Waals surface area (Å²) >= 11 is 6.18. The Morgan fingerprint density at radius 2 is 1.86 bits per heavy atom. The standard InChI is InChI=1S/C23H24ClN3O2/c1-22(2)20(27-12-13-6-7-14(25)10-16(13)19(27)28)23(3,4)21(22)29-15-8-9-18(26-5)17(24)11-15/h6-11,20-21H,12,25H2,1-4H3. The van der Waals surface area contributed by atoms with Crippen LogP contribution in [0.3, 0.4) is 0 Å². The van der Waals surface area contributed by atoms with Crippen LogP contribution in [0.5, 0.6) is 5.75 Å². The number of halogens is 1. The Kier molecular flexibility index (Phi) is 4.32. The van der Waals surface area contributed by atoms with Gasteiger partial charge in [0.25, 0.3) is 5.91 Å². The van der Waals surface area contributed by atoms with E-state index in [4.69, 9.17) is 28.6 Å². The van der Waals surface area contributed by atoms with Crippen molar-refractivity contribution in [3.63, 3.8) is 0 Å². The first-order chi connectivity index (χ1) is 13.6. The van der Waals surface area contributed by atoms with Gasteiger partial charge in [0.1, 0.15) is 11.9 Å². The topological polar surface area (TPSA) is 59.9 Å². The van der Waals surface area contributed by atoms with Crippen molar-refractivity contribution < 1.29 is 9.53 Å². The van der Waals surface area contributed by atoms with E-state index in [1.807, 2.05) is 17.0 Å². The molecule has 0 spiro atoms. The van der Waals surface area contributed by atoms with E-state index in [0.717, 1.165) is 5.56 Å². The SMILES string of the molecule is [C-]#[N+]c1ccc(OC2C(C)(C)C(N3Cc4ccc(N)cc4C3=O)C2(C)C)cc1Cl. The number of nitrogens with two attached hydrogens (primary N) is 1. The predicted octanol–water partition coefficient (Wildman–Crippen LogP) is 5.31. The first kappa shape index (κ1) is 19.6. The molecule has 150 valence electrons. The Hall–Kier alpha value is -2.71. The number of nitrogen functional groups attached to an aromatic ring is 1. The molecule has 2 aliphatic rings. The van der Waals surface area contributed by atoms with Crippen molar-refractivity contribution in [1.82, 2.24) is 4.90 Å². The molecule has 0 unspecified atom stereocenters. The predicted molar refractivity (Wildman–Crippen MR) is 114 cm³/mol. The maximum atomic E-state index is 13.1. The van der Waals surface area contributed by atoms with Crippen molar-refractivity contribution >= 4 is 28.9 Å². The minimum absolute atomic E-state index is 0.0131. The van der Waals surface area contributed by atoms with Gasteiger partial charge in [-0.05, 0) is 29.8 Å². The summed E-state index contributed by atoms with van der Waals surface area (Å²) in [6.07, 6.45) is -0.114. The van der Waals surface area contributed by atoms with Crippen LogP contribution in [0.25, 0.3) is 4.85 Å². The molecule has 1 aliphatic carbocycles. The molecule has 4 rings (SSSR count). The third-order valence-corrected chi connectivity index (χ3v) is 6.63. The summed E-state index contributed by atoms with van der Waals surface area (Å²) in [7, 11) is 0. The number of carbonyl (C=O) groups is 1. The number of benzene rings is 2. The molecule has 2 N–H and O–H groups in total. The normalized spacial score (nSPS) is 23.9. The van der Waals surface area contributed by atoms with Crippen molar-refractivity contribution in [2.75, 3.05) is 5.73 Å². The molecule has 1 amide bonds. The fourth-order valence-electron chi connectivity index (χ4n) is 5.55. The molecule has 0 atom stereocenters. The number of carbonyl (C=O) groups excluding carboxylic acids is 1. The second kappa shape index (κ2) is 6.40. The lowest BCUT2D eigenvalue weighted by atomic mass is 9.49. The highest BCUT2D eigenvalue weighted by atomic mass is 35.5. The second-order valence-corrected chi connectivity index (χ2v) is 9.53. The summed E-state index contributed by atoms with van der Waals surface area (Å²) in [5.41, 5.74) is 8.08. The van der Waals surface area contributed by atoms with Crippen LogP contribution in [-0.2, 0) is 6.54 Å². The van der Waals surface area contributed by atoms with Crippen LogP contribution in [0.15, 0.2) is 36.4 Å². The summed E-state index contributed by atoms with van der Waals surface area (Å²) in [5.74, 6) is 0.664. The number of nitrogens with zero attached hydrogens (tertiary/aromatic N) is 2. The lowest BCUT2D eigenvalue weighted by Crippen LogP contribution is -2.74. The Balaban J connectivity index is 1.60. The van der Waals surface area contributed by atoms with Crippen LogP contribution in [0, 0.1) is 17.4 Å². The average Bonchev–Trinajstić information content (AvgIpc) is 2.95. The van der Waals surface area contributed by atoms with Crippen LogP contribution in [0.2, 0.25) is 5.02 Å². The van der Waals surface area contributed by atoms with Crippen LogP contribution in [0.1, 0.15) is 43.6 Å². The molecule has 2 aromatic rings. The molecule has 2 aromatic carbocycles. The summed E-state index contributed by atoms with van der Waals surface area (Å²) in [5, 5.41) is 0.381. The maximum Gasteiger partial charge on any atom is 0.254 e.